The van der Waals surface area contributed by atoms with E-state index in [1.807, 2.05) is 0 Å². The largest absolute Gasteiger partial charge is 0.409 e. The minimum Gasteiger partial charge on any atom is -0.409 e. The van der Waals surface area contributed by atoms with Crippen LogP contribution in [0.5, 0.6) is 0 Å². The number of oxime groups is 1. The van der Waals surface area contributed by atoms with Gasteiger partial charge in [0.25, 0.3) is 0 Å². The molecule has 17 heavy (non-hydrogen) atoms. The third-order valence-corrected chi connectivity index (χ3v) is 2.42. The number of carbonyl (C=O) groups is 1. The van der Waals surface area contributed by atoms with Crippen LogP contribution in [0.4, 0.5) is 0 Å². The Labute approximate surface area is 98.6 Å². The van der Waals surface area contributed by atoms with E-state index in [-0.39, 0.29) is 18.3 Å². The predicted octanol–water partition coefficient (Wildman–Crippen LogP) is 0.372. The van der Waals surface area contributed by atoms with Gasteiger partial charge < -0.3 is 20.8 Å². The second kappa shape index (κ2) is 4.86. The lowest BCUT2D eigenvalue weighted by Gasteiger charge is -2.21. The van der Waals surface area contributed by atoms with Gasteiger partial charge in [-0.2, -0.15) is 0 Å². The second-order valence-corrected chi connectivity index (χ2v) is 4.22. The summed E-state index contributed by atoms with van der Waals surface area (Å²) in [4.78, 5) is 11.8. The molecule has 0 saturated carbocycles. The average molecular weight is 240 g/mol. The van der Waals surface area contributed by atoms with Gasteiger partial charge in [-0.15, -0.1) is 0 Å². The number of hydrogen-bond acceptors (Lipinski definition) is 5. The fraction of sp³-hybridized carbons (Fsp3) is 0.500. The molecule has 0 radical (unpaired) electrons. The summed E-state index contributed by atoms with van der Waals surface area (Å²) in [5.41, 5.74) is 4.97. The average Bonchev–Trinajstić information content (AvgIpc) is 2.70. The van der Waals surface area contributed by atoms with Crippen LogP contribution in [0.2, 0.25) is 0 Å². The van der Waals surface area contributed by atoms with Crippen molar-refractivity contribution < 1.29 is 14.5 Å². The maximum Gasteiger partial charge on any atom is 0.233 e. The molecule has 0 atom stereocenters. The number of aromatic nitrogens is 1. The molecule has 0 unspecified atom stereocenters. The molecule has 0 fully saturated rings. The maximum atomic E-state index is 11.8. The molecule has 1 aromatic heterocycles. The van der Waals surface area contributed by atoms with Crippen molar-refractivity contribution in [2.24, 2.45) is 16.3 Å². The van der Waals surface area contributed by atoms with Gasteiger partial charge in [-0.25, -0.2) is 0 Å². The molecule has 0 aliphatic carbocycles. The van der Waals surface area contributed by atoms with Crippen molar-refractivity contribution in [3.63, 3.8) is 0 Å². The molecule has 0 aliphatic rings. The van der Waals surface area contributed by atoms with Crippen LogP contribution in [0.25, 0.3) is 0 Å². The summed E-state index contributed by atoms with van der Waals surface area (Å²) < 4.78 is 4.86. The van der Waals surface area contributed by atoms with Gasteiger partial charge in [0.1, 0.15) is 16.9 Å². The highest BCUT2D eigenvalue weighted by molar-refractivity contribution is 6.05. The van der Waals surface area contributed by atoms with Gasteiger partial charge in [0.2, 0.25) is 5.91 Å². The Hall–Kier alpha value is -2.05. The van der Waals surface area contributed by atoms with Crippen LogP contribution in [0, 0.1) is 12.3 Å². The molecule has 1 amide bonds. The molecule has 0 aromatic carbocycles. The lowest BCUT2D eigenvalue weighted by atomic mass is 9.91. The molecular formula is C10H16N4O3. The van der Waals surface area contributed by atoms with E-state index in [0.29, 0.717) is 11.5 Å². The van der Waals surface area contributed by atoms with Gasteiger partial charge in [-0.05, 0) is 20.8 Å². The van der Waals surface area contributed by atoms with E-state index in [1.54, 1.807) is 26.8 Å². The molecule has 1 heterocycles. The number of amides is 1. The summed E-state index contributed by atoms with van der Waals surface area (Å²) in [7, 11) is 0. The molecule has 7 heteroatoms. The number of rotatable bonds is 4. The van der Waals surface area contributed by atoms with Gasteiger partial charge in [0, 0.05) is 6.07 Å². The van der Waals surface area contributed by atoms with E-state index in [2.05, 4.69) is 15.6 Å². The molecular weight excluding hydrogens is 224 g/mol. The normalized spacial score (nSPS) is 12.5. The molecule has 0 spiro atoms. The van der Waals surface area contributed by atoms with E-state index in [9.17, 15) is 4.79 Å². The molecule has 0 saturated heterocycles. The Morgan fingerprint density at radius 2 is 2.35 bits per heavy atom. The summed E-state index contributed by atoms with van der Waals surface area (Å²) in [6, 6.07) is 1.72. The Morgan fingerprint density at radius 3 is 2.82 bits per heavy atom. The van der Waals surface area contributed by atoms with Crippen molar-refractivity contribution in [1.29, 1.82) is 0 Å². The Morgan fingerprint density at radius 1 is 1.71 bits per heavy atom. The van der Waals surface area contributed by atoms with Crippen LogP contribution < -0.4 is 11.1 Å². The second-order valence-electron chi connectivity index (χ2n) is 4.22. The molecule has 0 bridgehead atoms. The first-order valence-corrected chi connectivity index (χ1v) is 5.06. The fourth-order valence-corrected chi connectivity index (χ4v) is 1.13. The Bertz CT molecular complexity index is 437. The summed E-state index contributed by atoms with van der Waals surface area (Å²) in [5.74, 6) is 0.171. The number of nitrogens with zero attached hydrogens (tertiary/aromatic N) is 2. The van der Waals surface area contributed by atoms with Crippen LogP contribution in [0.3, 0.4) is 0 Å². The Balaban J connectivity index is 2.61. The van der Waals surface area contributed by atoms with Gasteiger partial charge >= 0.3 is 0 Å². The van der Waals surface area contributed by atoms with E-state index < -0.39 is 5.41 Å². The number of nitrogens with two attached hydrogens (primary N) is 1. The first-order valence-electron chi connectivity index (χ1n) is 5.06. The third kappa shape index (κ3) is 2.96. The van der Waals surface area contributed by atoms with Gasteiger partial charge in [0.05, 0.1) is 6.54 Å². The van der Waals surface area contributed by atoms with Crippen LogP contribution >= 0.6 is 0 Å². The van der Waals surface area contributed by atoms with E-state index in [1.165, 1.54) is 0 Å². The number of carbonyl (C=O) groups excluding carboxylic acids is 1. The summed E-state index contributed by atoms with van der Waals surface area (Å²) in [5, 5.41) is 17.8. The van der Waals surface area contributed by atoms with Crippen molar-refractivity contribution in [2.75, 3.05) is 0 Å². The zero-order valence-electron chi connectivity index (χ0n) is 10.0. The van der Waals surface area contributed by atoms with Crippen LogP contribution in [-0.2, 0) is 11.3 Å². The number of nitrogens with one attached hydrogen (secondary N) is 1. The maximum absolute atomic E-state index is 11.8. The van der Waals surface area contributed by atoms with Crippen LogP contribution in [-0.4, -0.2) is 22.1 Å². The van der Waals surface area contributed by atoms with Crippen molar-refractivity contribution in [1.82, 2.24) is 10.5 Å². The minimum absolute atomic E-state index is 0.147. The topological polar surface area (TPSA) is 114 Å². The smallest absolute Gasteiger partial charge is 0.233 e. The van der Waals surface area contributed by atoms with E-state index in [0.717, 1.165) is 0 Å². The van der Waals surface area contributed by atoms with Crippen LogP contribution in [0.1, 0.15) is 25.3 Å². The van der Waals surface area contributed by atoms with Crippen molar-refractivity contribution >= 4 is 11.7 Å². The highest BCUT2D eigenvalue weighted by Crippen LogP contribution is 2.15. The fourth-order valence-electron chi connectivity index (χ4n) is 1.13. The van der Waals surface area contributed by atoms with Gasteiger partial charge in [0.15, 0.2) is 5.84 Å². The summed E-state index contributed by atoms with van der Waals surface area (Å²) in [6.45, 7) is 5.12. The highest BCUT2D eigenvalue weighted by atomic mass is 16.5. The molecule has 0 aliphatic heterocycles. The van der Waals surface area contributed by atoms with Crippen molar-refractivity contribution in [3.05, 3.63) is 17.5 Å². The standard InChI is InChI=1S/C10H16N4O3/c1-6-4-7(14-17-6)5-12-9(15)10(2,3)8(11)13-16/h4,16H,5H2,1-3H3,(H2,11,13)(H,12,15). The Kier molecular flexibility index (Phi) is 3.72. The van der Waals surface area contributed by atoms with Crippen molar-refractivity contribution in [2.45, 2.75) is 27.3 Å². The number of hydrogen-bond donors (Lipinski definition) is 3. The number of aryl methyl sites for hydroxylation is 1. The molecule has 1 aromatic rings. The molecule has 1 rings (SSSR count). The van der Waals surface area contributed by atoms with Crippen molar-refractivity contribution in [3.8, 4) is 0 Å². The first-order chi connectivity index (χ1) is 7.87. The monoisotopic (exact) mass is 240 g/mol. The van der Waals surface area contributed by atoms with Gasteiger partial charge in [-0.3, -0.25) is 4.79 Å². The third-order valence-electron chi connectivity index (χ3n) is 2.42. The van der Waals surface area contributed by atoms with E-state index in [4.69, 9.17) is 15.5 Å². The highest BCUT2D eigenvalue weighted by Gasteiger charge is 2.32. The molecule has 4 N–H and O–H groups in total. The molecule has 94 valence electrons. The zero-order valence-corrected chi connectivity index (χ0v) is 10.0. The minimum atomic E-state index is -1.08. The quantitative estimate of drug-likeness (QED) is 0.304. The summed E-state index contributed by atoms with van der Waals surface area (Å²) >= 11 is 0. The lowest BCUT2D eigenvalue weighted by molar-refractivity contribution is -0.126. The summed E-state index contributed by atoms with van der Waals surface area (Å²) in [6.07, 6.45) is 0. The zero-order chi connectivity index (χ0) is 13.1. The number of amidine groups is 1. The lowest BCUT2D eigenvalue weighted by Crippen LogP contribution is -2.45. The van der Waals surface area contributed by atoms with E-state index >= 15 is 0 Å². The van der Waals surface area contributed by atoms with Crippen LogP contribution in [0.15, 0.2) is 15.7 Å². The van der Waals surface area contributed by atoms with Gasteiger partial charge in [-0.1, -0.05) is 10.3 Å². The predicted molar refractivity (Wildman–Crippen MR) is 60.3 cm³/mol. The SMILES string of the molecule is Cc1cc(CNC(=O)C(C)(C)C(N)=NO)no1. The molecule has 7 nitrogen and oxygen atoms in total. The first kappa shape index (κ1) is 13.0.